The summed E-state index contributed by atoms with van der Waals surface area (Å²) >= 11 is 0. The number of ether oxygens (including phenoxy) is 5. The molecule has 1 heterocycles. The van der Waals surface area contributed by atoms with E-state index in [1.807, 2.05) is 91.0 Å². The summed E-state index contributed by atoms with van der Waals surface area (Å²) in [6, 6.07) is 30.0. The molecule has 39 heavy (non-hydrogen) atoms. The molecular formula is C33H40O6. The highest BCUT2D eigenvalue weighted by molar-refractivity contribution is 5.66. The van der Waals surface area contributed by atoms with Crippen molar-refractivity contribution in [1.29, 1.82) is 0 Å². The van der Waals surface area contributed by atoms with Crippen LogP contribution in [0.25, 0.3) is 0 Å². The maximum Gasteiger partial charge on any atom is 0.303 e. The van der Waals surface area contributed by atoms with E-state index >= 15 is 0 Å². The summed E-state index contributed by atoms with van der Waals surface area (Å²) < 4.78 is 31.8. The van der Waals surface area contributed by atoms with Crippen LogP contribution in [0.3, 0.4) is 0 Å². The smallest absolute Gasteiger partial charge is 0.303 e. The molecule has 4 rings (SSSR count). The minimum absolute atomic E-state index is 0.320. The third kappa shape index (κ3) is 9.01. The average Bonchev–Trinajstić information content (AvgIpc) is 2.94. The van der Waals surface area contributed by atoms with Crippen LogP contribution in [0.5, 0.6) is 0 Å². The summed E-state index contributed by atoms with van der Waals surface area (Å²) in [7, 11) is 0. The molecule has 1 saturated heterocycles. The van der Waals surface area contributed by atoms with Gasteiger partial charge in [-0.15, -0.1) is 0 Å². The summed E-state index contributed by atoms with van der Waals surface area (Å²) in [5, 5.41) is 0. The van der Waals surface area contributed by atoms with E-state index in [0.29, 0.717) is 38.8 Å². The highest BCUT2D eigenvalue weighted by Gasteiger charge is 2.49. The van der Waals surface area contributed by atoms with Crippen molar-refractivity contribution < 1.29 is 28.5 Å². The van der Waals surface area contributed by atoms with Gasteiger partial charge < -0.3 is 23.7 Å². The highest BCUT2D eigenvalue weighted by Crippen LogP contribution is 2.33. The van der Waals surface area contributed by atoms with E-state index in [9.17, 15) is 4.79 Å². The molecule has 208 valence electrons. The first kappa shape index (κ1) is 29.0. The van der Waals surface area contributed by atoms with Gasteiger partial charge in [0.05, 0.1) is 32.5 Å². The summed E-state index contributed by atoms with van der Waals surface area (Å²) in [5.74, 6) is -0.0400. The zero-order valence-corrected chi connectivity index (χ0v) is 23.1. The van der Waals surface area contributed by atoms with Gasteiger partial charge in [-0.3, -0.25) is 4.79 Å². The lowest BCUT2D eigenvalue weighted by Crippen LogP contribution is -2.61. The van der Waals surface area contributed by atoms with Gasteiger partial charge in [0.25, 0.3) is 0 Å². The minimum Gasteiger partial charge on any atom is -0.457 e. The Morgan fingerprint density at radius 1 is 0.692 bits per heavy atom. The lowest BCUT2D eigenvalue weighted by molar-refractivity contribution is -0.268. The first-order valence-corrected chi connectivity index (χ1v) is 13.7. The molecule has 6 nitrogen and oxygen atoms in total. The molecule has 0 radical (unpaired) electrons. The van der Waals surface area contributed by atoms with E-state index in [-0.39, 0.29) is 12.1 Å². The van der Waals surface area contributed by atoms with E-state index in [2.05, 4.69) is 13.8 Å². The average molecular weight is 533 g/mol. The van der Waals surface area contributed by atoms with E-state index < -0.39 is 24.4 Å². The van der Waals surface area contributed by atoms with Crippen LogP contribution in [0, 0.1) is 5.92 Å². The summed E-state index contributed by atoms with van der Waals surface area (Å²) in [4.78, 5) is 12.3. The topological polar surface area (TPSA) is 63.2 Å². The number of hydrogen-bond acceptors (Lipinski definition) is 6. The Bertz CT molecular complexity index is 1100. The van der Waals surface area contributed by atoms with Crippen LogP contribution >= 0.6 is 0 Å². The molecule has 6 heteroatoms. The molecule has 0 N–H and O–H groups in total. The SMILES string of the molecule is CC(=O)O[C@@H]1[C@@H](OCc2ccccc2)[C@H](OCc2ccccc2)[C@@H](COCc2ccccc2)O[C@@H]1CC(C)C. The lowest BCUT2D eigenvalue weighted by Gasteiger charge is -2.46. The van der Waals surface area contributed by atoms with Crippen molar-refractivity contribution in [3.63, 3.8) is 0 Å². The Balaban J connectivity index is 1.60. The predicted molar refractivity (Wildman–Crippen MR) is 150 cm³/mol. The van der Waals surface area contributed by atoms with Gasteiger partial charge in [0.15, 0.2) is 6.10 Å². The van der Waals surface area contributed by atoms with Gasteiger partial charge in [-0.1, -0.05) is 105 Å². The summed E-state index contributed by atoms with van der Waals surface area (Å²) in [5.41, 5.74) is 3.16. The second-order valence-corrected chi connectivity index (χ2v) is 10.4. The molecule has 0 amide bonds. The van der Waals surface area contributed by atoms with Crippen LogP contribution < -0.4 is 0 Å². The quantitative estimate of drug-likeness (QED) is 0.247. The molecule has 0 aliphatic carbocycles. The molecule has 1 aliphatic heterocycles. The molecule has 1 aliphatic rings. The van der Waals surface area contributed by atoms with Crippen LogP contribution in [0.4, 0.5) is 0 Å². The fraction of sp³-hybridized carbons (Fsp3) is 0.424. The van der Waals surface area contributed by atoms with Crippen molar-refractivity contribution in [3.8, 4) is 0 Å². The first-order valence-electron chi connectivity index (χ1n) is 13.7. The van der Waals surface area contributed by atoms with Gasteiger partial charge in [0, 0.05) is 6.92 Å². The minimum atomic E-state index is -0.611. The van der Waals surface area contributed by atoms with E-state index in [0.717, 1.165) is 16.7 Å². The Morgan fingerprint density at radius 3 is 1.67 bits per heavy atom. The Hall–Kier alpha value is -3.03. The van der Waals surface area contributed by atoms with Gasteiger partial charge in [-0.2, -0.15) is 0 Å². The third-order valence-electron chi connectivity index (χ3n) is 6.70. The number of carbonyl (C=O) groups is 1. The third-order valence-corrected chi connectivity index (χ3v) is 6.70. The maximum absolute atomic E-state index is 12.3. The molecule has 3 aromatic carbocycles. The number of rotatable bonds is 13. The van der Waals surface area contributed by atoms with E-state index in [1.165, 1.54) is 6.92 Å². The standard InChI is InChI=1S/C33H40O6/c1-24(2)19-29-32(38-25(3)34)33(37-22-28-17-11-6-12-18-28)31(36-21-27-15-9-5-10-16-27)30(39-29)23-35-20-26-13-7-4-8-14-26/h4-18,24,29-33H,19-23H2,1-3H3/t29-,30-,31-,32+,33+/m1/s1. The maximum atomic E-state index is 12.3. The summed E-state index contributed by atoms with van der Waals surface area (Å²) in [6.07, 6.45) is -1.72. The van der Waals surface area contributed by atoms with Crippen molar-refractivity contribution in [3.05, 3.63) is 108 Å². The molecule has 5 atom stereocenters. The molecule has 0 aromatic heterocycles. The molecule has 0 bridgehead atoms. The first-order chi connectivity index (χ1) is 19.0. The van der Waals surface area contributed by atoms with Crippen LogP contribution in [0.15, 0.2) is 91.0 Å². The zero-order valence-electron chi connectivity index (χ0n) is 23.1. The number of esters is 1. The van der Waals surface area contributed by atoms with Gasteiger partial charge in [-0.05, 0) is 29.0 Å². The fourth-order valence-electron chi connectivity index (χ4n) is 4.90. The number of carbonyl (C=O) groups excluding carboxylic acids is 1. The lowest BCUT2D eigenvalue weighted by atomic mass is 9.90. The van der Waals surface area contributed by atoms with Crippen LogP contribution in [0.1, 0.15) is 43.9 Å². The molecule has 3 aromatic rings. The Kier molecular flexibility index (Phi) is 11.1. The zero-order chi connectivity index (χ0) is 27.5. The van der Waals surface area contributed by atoms with Crippen molar-refractivity contribution in [2.24, 2.45) is 5.92 Å². The van der Waals surface area contributed by atoms with Crippen LogP contribution in [0.2, 0.25) is 0 Å². The fourth-order valence-corrected chi connectivity index (χ4v) is 4.90. The Morgan fingerprint density at radius 2 is 1.18 bits per heavy atom. The highest BCUT2D eigenvalue weighted by atomic mass is 16.6. The van der Waals surface area contributed by atoms with Gasteiger partial charge >= 0.3 is 5.97 Å². The molecular weight excluding hydrogens is 492 g/mol. The van der Waals surface area contributed by atoms with E-state index in [1.54, 1.807) is 0 Å². The van der Waals surface area contributed by atoms with Gasteiger partial charge in [0.1, 0.15) is 18.3 Å². The van der Waals surface area contributed by atoms with Gasteiger partial charge in [0.2, 0.25) is 0 Å². The van der Waals surface area contributed by atoms with Crippen LogP contribution in [-0.4, -0.2) is 43.1 Å². The molecule has 1 fully saturated rings. The second kappa shape index (κ2) is 14.9. The summed E-state index contributed by atoms with van der Waals surface area (Å²) in [6.45, 7) is 7.21. The largest absolute Gasteiger partial charge is 0.457 e. The normalized spacial score (nSPS) is 23.0. The Labute approximate surface area is 232 Å². The predicted octanol–water partition coefficient (Wildman–Crippen LogP) is 6.12. The van der Waals surface area contributed by atoms with Crippen molar-refractivity contribution in [2.75, 3.05) is 6.61 Å². The van der Waals surface area contributed by atoms with Crippen molar-refractivity contribution in [1.82, 2.24) is 0 Å². The molecule has 0 saturated carbocycles. The second-order valence-electron chi connectivity index (χ2n) is 10.4. The van der Waals surface area contributed by atoms with Crippen LogP contribution in [-0.2, 0) is 48.3 Å². The molecule has 0 unspecified atom stereocenters. The number of benzene rings is 3. The molecule has 0 spiro atoms. The van der Waals surface area contributed by atoms with E-state index in [4.69, 9.17) is 23.7 Å². The van der Waals surface area contributed by atoms with Crippen molar-refractivity contribution >= 4 is 5.97 Å². The van der Waals surface area contributed by atoms with Gasteiger partial charge in [-0.25, -0.2) is 0 Å². The van der Waals surface area contributed by atoms with Crippen molar-refractivity contribution in [2.45, 2.75) is 77.5 Å². The number of hydrogen-bond donors (Lipinski definition) is 0. The monoisotopic (exact) mass is 532 g/mol.